The van der Waals surface area contributed by atoms with Crippen molar-refractivity contribution in [2.45, 2.75) is 24.3 Å². The first kappa shape index (κ1) is 22.8. The maximum Gasteiger partial charge on any atom is 0.246 e. The summed E-state index contributed by atoms with van der Waals surface area (Å²) >= 11 is 12.0. The van der Waals surface area contributed by atoms with Crippen molar-refractivity contribution in [1.29, 1.82) is 0 Å². The molecule has 0 radical (unpaired) electrons. The molecule has 0 saturated carbocycles. The van der Waals surface area contributed by atoms with E-state index in [1.165, 1.54) is 21.4 Å². The Morgan fingerprint density at radius 1 is 1.25 bits per heavy atom. The molecule has 4 rings (SSSR count). The molecule has 1 amide bonds. The Labute approximate surface area is 196 Å². The van der Waals surface area contributed by atoms with Gasteiger partial charge in [0.15, 0.2) is 5.82 Å². The number of hydrogen-bond donors (Lipinski definition) is 1. The van der Waals surface area contributed by atoms with E-state index in [0.717, 1.165) is 5.56 Å². The molecule has 2 aromatic heterocycles. The van der Waals surface area contributed by atoms with Crippen molar-refractivity contribution in [1.82, 2.24) is 23.9 Å². The number of aryl methyl sites for hydroxylation is 1. The highest BCUT2D eigenvalue weighted by Crippen LogP contribution is 2.25. The average Bonchev–Trinajstić information content (AvgIpc) is 3.40. The number of hydrogen-bond acceptors (Lipinski definition) is 5. The smallest absolute Gasteiger partial charge is 0.246 e. The summed E-state index contributed by atoms with van der Waals surface area (Å²) in [7, 11) is -2.03. The van der Waals surface area contributed by atoms with Crippen LogP contribution in [0, 0.1) is 5.92 Å². The van der Waals surface area contributed by atoms with Crippen LogP contribution in [0.2, 0.25) is 10.0 Å². The van der Waals surface area contributed by atoms with Gasteiger partial charge in [0.05, 0.1) is 28.7 Å². The number of benzene rings is 1. The van der Waals surface area contributed by atoms with E-state index < -0.39 is 15.9 Å². The molecule has 0 spiro atoms. The van der Waals surface area contributed by atoms with Gasteiger partial charge in [0.2, 0.25) is 15.9 Å². The third kappa shape index (κ3) is 4.98. The van der Waals surface area contributed by atoms with Crippen molar-refractivity contribution in [3.63, 3.8) is 0 Å². The van der Waals surface area contributed by atoms with Gasteiger partial charge >= 0.3 is 0 Å². The van der Waals surface area contributed by atoms with Gasteiger partial charge in [-0.3, -0.25) is 14.2 Å². The summed E-state index contributed by atoms with van der Waals surface area (Å²) in [6.07, 6.45) is 5.73. The fraction of sp³-hybridized carbons (Fsp3) is 0.350. The zero-order chi connectivity index (χ0) is 22.9. The first-order valence-corrected chi connectivity index (χ1v) is 12.2. The van der Waals surface area contributed by atoms with Crippen molar-refractivity contribution >= 4 is 45.0 Å². The first-order chi connectivity index (χ1) is 15.2. The van der Waals surface area contributed by atoms with Crippen LogP contribution in [-0.4, -0.2) is 51.3 Å². The number of piperidine rings is 1. The second kappa shape index (κ2) is 9.22. The minimum atomic E-state index is -3.69. The number of anilines is 1. The van der Waals surface area contributed by atoms with Crippen molar-refractivity contribution in [2.24, 2.45) is 13.0 Å². The molecule has 170 valence electrons. The number of amides is 1. The summed E-state index contributed by atoms with van der Waals surface area (Å²) in [5.41, 5.74) is 0.920. The number of nitrogens with zero attached hydrogens (tertiary/aromatic N) is 5. The van der Waals surface area contributed by atoms with Gasteiger partial charge in [0, 0.05) is 38.6 Å². The fourth-order valence-corrected chi connectivity index (χ4v) is 5.46. The monoisotopic (exact) mass is 496 g/mol. The normalized spacial score (nSPS) is 17.4. The van der Waals surface area contributed by atoms with Gasteiger partial charge in [-0.1, -0.05) is 29.3 Å². The van der Waals surface area contributed by atoms with E-state index in [9.17, 15) is 13.2 Å². The SMILES string of the molecule is Cn1cc(S(=O)(=O)N2CCC[C@@H](C(=O)Nc3ccn(Cc4ccc(Cl)c(Cl)c4)n3)C2)cn1. The second-order valence-corrected chi connectivity index (χ2v) is 10.4. The van der Waals surface area contributed by atoms with Gasteiger partial charge < -0.3 is 5.32 Å². The quantitative estimate of drug-likeness (QED) is 0.564. The van der Waals surface area contributed by atoms with Gasteiger partial charge in [-0.15, -0.1) is 0 Å². The van der Waals surface area contributed by atoms with E-state index in [1.54, 1.807) is 36.1 Å². The van der Waals surface area contributed by atoms with Gasteiger partial charge in [-0.2, -0.15) is 14.5 Å². The van der Waals surface area contributed by atoms with E-state index in [4.69, 9.17) is 23.2 Å². The second-order valence-electron chi connectivity index (χ2n) is 7.69. The highest BCUT2D eigenvalue weighted by molar-refractivity contribution is 7.89. The van der Waals surface area contributed by atoms with E-state index in [1.807, 2.05) is 6.07 Å². The summed E-state index contributed by atoms with van der Waals surface area (Å²) in [6.45, 7) is 0.958. The number of carbonyl (C=O) groups is 1. The van der Waals surface area contributed by atoms with E-state index in [2.05, 4.69) is 15.5 Å². The molecule has 1 atom stereocenters. The molecular formula is C20H22Cl2N6O3S. The third-order valence-corrected chi connectivity index (χ3v) is 7.85. The maximum absolute atomic E-state index is 12.9. The molecule has 0 aliphatic carbocycles. The third-order valence-electron chi connectivity index (χ3n) is 5.29. The molecule has 32 heavy (non-hydrogen) atoms. The van der Waals surface area contributed by atoms with Crippen LogP contribution in [0.4, 0.5) is 5.82 Å². The topological polar surface area (TPSA) is 102 Å². The summed E-state index contributed by atoms with van der Waals surface area (Å²) < 4.78 is 30.2. The summed E-state index contributed by atoms with van der Waals surface area (Å²) in [4.78, 5) is 12.9. The Morgan fingerprint density at radius 3 is 2.78 bits per heavy atom. The lowest BCUT2D eigenvalue weighted by Gasteiger charge is -2.30. The molecule has 3 aromatic rings. The molecule has 9 nitrogen and oxygen atoms in total. The van der Waals surface area contributed by atoms with Crippen LogP contribution in [0.3, 0.4) is 0 Å². The van der Waals surface area contributed by atoms with Gasteiger partial charge in [0.1, 0.15) is 4.90 Å². The van der Waals surface area contributed by atoms with Crippen LogP contribution in [0.25, 0.3) is 0 Å². The van der Waals surface area contributed by atoms with E-state index in [-0.39, 0.29) is 17.3 Å². The largest absolute Gasteiger partial charge is 0.309 e. The van der Waals surface area contributed by atoms with Crippen molar-refractivity contribution < 1.29 is 13.2 Å². The molecule has 1 fully saturated rings. The number of rotatable bonds is 6. The Hall–Kier alpha value is -2.40. The standard InChI is InChI=1S/C20H22Cl2N6O3S/c1-26-13-16(10-23-26)32(30,31)28-7-2-3-15(12-28)20(29)24-19-6-8-27(25-19)11-14-4-5-17(21)18(22)9-14/h4-6,8-10,13,15H,2-3,7,11-12H2,1H3,(H,24,25,29)/t15-/m1/s1. The fourth-order valence-electron chi connectivity index (χ4n) is 3.63. The molecule has 0 bridgehead atoms. The molecule has 0 unspecified atom stereocenters. The summed E-state index contributed by atoms with van der Waals surface area (Å²) in [5, 5.41) is 12.1. The van der Waals surface area contributed by atoms with Crippen molar-refractivity contribution in [3.05, 3.63) is 58.5 Å². The predicted octanol–water partition coefficient (Wildman–Crippen LogP) is 3.01. The first-order valence-electron chi connectivity index (χ1n) is 9.99. The van der Waals surface area contributed by atoms with Crippen LogP contribution < -0.4 is 5.32 Å². The molecule has 1 aliphatic heterocycles. The van der Waals surface area contributed by atoms with Crippen LogP contribution in [0.5, 0.6) is 0 Å². The lowest BCUT2D eigenvalue weighted by atomic mass is 9.99. The lowest BCUT2D eigenvalue weighted by Crippen LogP contribution is -2.43. The van der Waals surface area contributed by atoms with Gasteiger partial charge in [-0.25, -0.2) is 8.42 Å². The Morgan fingerprint density at radius 2 is 2.06 bits per heavy atom. The average molecular weight is 497 g/mol. The molecule has 1 aliphatic rings. The van der Waals surface area contributed by atoms with Crippen LogP contribution in [0.1, 0.15) is 18.4 Å². The number of nitrogens with one attached hydrogen (secondary N) is 1. The number of aromatic nitrogens is 4. The summed E-state index contributed by atoms with van der Waals surface area (Å²) in [6, 6.07) is 7.04. The van der Waals surface area contributed by atoms with Gasteiger partial charge in [-0.05, 0) is 30.5 Å². The van der Waals surface area contributed by atoms with Gasteiger partial charge in [0.25, 0.3) is 0 Å². The van der Waals surface area contributed by atoms with Crippen LogP contribution >= 0.6 is 23.2 Å². The highest BCUT2D eigenvalue weighted by atomic mass is 35.5. The predicted molar refractivity (Wildman–Crippen MR) is 121 cm³/mol. The molecule has 1 N–H and O–H groups in total. The Kier molecular flexibility index (Phi) is 6.57. The molecule has 12 heteroatoms. The zero-order valence-corrected chi connectivity index (χ0v) is 19.6. The summed E-state index contributed by atoms with van der Waals surface area (Å²) in [5.74, 6) is -0.311. The molecular weight excluding hydrogens is 475 g/mol. The molecule has 1 aromatic carbocycles. The van der Waals surface area contributed by atoms with Crippen molar-refractivity contribution in [3.8, 4) is 0 Å². The van der Waals surface area contributed by atoms with Crippen LogP contribution in [0.15, 0.2) is 47.8 Å². The maximum atomic E-state index is 12.9. The number of carbonyl (C=O) groups excluding carboxylic acids is 1. The van der Waals surface area contributed by atoms with Crippen molar-refractivity contribution in [2.75, 3.05) is 18.4 Å². The minimum Gasteiger partial charge on any atom is -0.309 e. The lowest BCUT2D eigenvalue weighted by molar-refractivity contribution is -0.120. The van der Waals surface area contributed by atoms with E-state index >= 15 is 0 Å². The highest BCUT2D eigenvalue weighted by Gasteiger charge is 2.34. The van der Waals surface area contributed by atoms with E-state index in [0.29, 0.717) is 41.8 Å². The Bertz CT molecular complexity index is 1240. The molecule has 1 saturated heterocycles. The number of halogens is 2. The zero-order valence-electron chi connectivity index (χ0n) is 17.3. The number of sulfonamides is 1. The minimum absolute atomic E-state index is 0.118. The molecule has 3 heterocycles. The Balaban J connectivity index is 1.39. The van der Waals surface area contributed by atoms with Crippen LogP contribution in [-0.2, 0) is 28.4 Å².